The number of carbonyl (C=O) groups is 2. The van der Waals surface area contributed by atoms with Gasteiger partial charge in [-0.2, -0.15) is 0 Å². The predicted octanol–water partition coefficient (Wildman–Crippen LogP) is 15.2. The largest absolute Gasteiger partial charge is 0.472 e. The molecule has 0 aromatic rings. The number of ether oxygens (including phenoxy) is 2. The van der Waals surface area contributed by atoms with Crippen LogP contribution in [0.1, 0.15) is 213 Å². The number of likely N-dealkylation sites (N-methyl/N-ethyl adjacent to an activating group) is 1. The van der Waals surface area contributed by atoms with Crippen molar-refractivity contribution in [2.45, 2.75) is 219 Å². The molecule has 0 aliphatic carbocycles. The fraction of sp³-hybridized carbons (Fsp3) is 0.774. The molecule has 1 unspecified atom stereocenters. The van der Waals surface area contributed by atoms with E-state index in [0.717, 1.165) is 44.9 Å². The first kappa shape index (κ1) is 60.7. The smallest absolute Gasteiger partial charge is 0.462 e. The number of allylic oxidation sites excluding steroid dienone is 10. The molecule has 0 aliphatic rings. The maximum absolute atomic E-state index is 12.7. The average molecular weight is 907 g/mol. The summed E-state index contributed by atoms with van der Waals surface area (Å²) < 4.78 is 34.3. The maximum Gasteiger partial charge on any atom is 0.472 e. The van der Waals surface area contributed by atoms with Crippen LogP contribution in [0.3, 0.4) is 0 Å². The zero-order valence-electron chi connectivity index (χ0n) is 41.3. The lowest BCUT2D eigenvalue weighted by Crippen LogP contribution is -2.37. The third-order valence-electron chi connectivity index (χ3n) is 10.8. The number of hydrogen-bond acceptors (Lipinski definition) is 7. The number of carbonyl (C=O) groups excluding carboxylic acids is 2. The molecule has 2 atom stereocenters. The van der Waals surface area contributed by atoms with Gasteiger partial charge in [-0.15, -0.1) is 0 Å². The van der Waals surface area contributed by atoms with E-state index in [-0.39, 0.29) is 32.0 Å². The molecule has 0 aromatic heterocycles. The van der Waals surface area contributed by atoms with E-state index in [9.17, 15) is 19.0 Å². The van der Waals surface area contributed by atoms with Gasteiger partial charge in [0.25, 0.3) is 0 Å². The molecular weight excluding hydrogens is 810 g/mol. The lowest BCUT2D eigenvalue weighted by molar-refractivity contribution is -0.870. The molecule has 0 saturated heterocycles. The van der Waals surface area contributed by atoms with Crippen LogP contribution in [-0.4, -0.2) is 74.9 Å². The van der Waals surface area contributed by atoms with Crippen LogP contribution in [0.2, 0.25) is 0 Å². The highest BCUT2D eigenvalue weighted by molar-refractivity contribution is 7.47. The van der Waals surface area contributed by atoms with Gasteiger partial charge in [-0.3, -0.25) is 18.6 Å². The summed E-state index contributed by atoms with van der Waals surface area (Å²) in [6.45, 7) is 4.33. The van der Waals surface area contributed by atoms with Crippen molar-refractivity contribution in [2.24, 2.45) is 0 Å². The molecule has 0 spiro atoms. The quantitative estimate of drug-likeness (QED) is 0.0212. The minimum Gasteiger partial charge on any atom is -0.462 e. The third-order valence-corrected chi connectivity index (χ3v) is 11.8. The summed E-state index contributed by atoms with van der Waals surface area (Å²) in [5, 5.41) is 0. The van der Waals surface area contributed by atoms with Gasteiger partial charge in [0, 0.05) is 12.8 Å². The molecule has 0 aromatic carbocycles. The van der Waals surface area contributed by atoms with E-state index >= 15 is 0 Å². The van der Waals surface area contributed by atoms with E-state index in [1.165, 1.54) is 135 Å². The van der Waals surface area contributed by atoms with Gasteiger partial charge in [-0.25, -0.2) is 4.57 Å². The van der Waals surface area contributed by atoms with Gasteiger partial charge in [0.1, 0.15) is 19.8 Å². The Hall–Kier alpha value is -2.29. The lowest BCUT2D eigenvalue weighted by atomic mass is 10.0. The summed E-state index contributed by atoms with van der Waals surface area (Å²) in [7, 11) is 1.43. The zero-order valence-corrected chi connectivity index (χ0v) is 42.2. The fourth-order valence-electron chi connectivity index (χ4n) is 6.82. The second-order valence-electron chi connectivity index (χ2n) is 18.2. The Kier molecular flexibility index (Phi) is 43.3. The second kappa shape index (κ2) is 44.9. The number of quaternary nitrogens is 1. The standard InChI is InChI=1S/C53H96NO8P/c1-6-8-10-12-14-16-18-20-22-24-26-28-29-31-33-35-37-39-41-43-45-52(55)59-49-51(50-61-63(57,58)60-48-47-54(3,4)5)62-53(56)46-44-42-40-38-36-34-32-30-27-25-23-21-19-17-15-13-11-9-7-2/h15,17,21,23,27,30,34,36,40,42,51H,6-14,16,18-20,22,24-26,28-29,31-33,35,37-39,41,43-50H2,1-5H3/p+1/b17-15+,23-21+,30-27+,36-34+,42-40+/t51-/m1/s1. The van der Waals surface area contributed by atoms with Crippen LogP contribution >= 0.6 is 7.82 Å². The van der Waals surface area contributed by atoms with Crippen LogP contribution in [0.15, 0.2) is 60.8 Å². The van der Waals surface area contributed by atoms with Crippen molar-refractivity contribution in [2.75, 3.05) is 47.5 Å². The maximum atomic E-state index is 12.7. The normalized spacial score (nSPS) is 13.9. The van der Waals surface area contributed by atoms with Crippen molar-refractivity contribution in [1.82, 2.24) is 0 Å². The lowest BCUT2D eigenvalue weighted by Gasteiger charge is -2.24. The Bertz CT molecular complexity index is 1250. The van der Waals surface area contributed by atoms with E-state index in [0.29, 0.717) is 17.4 Å². The summed E-state index contributed by atoms with van der Waals surface area (Å²) in [6.07, 6.45) is 55.8. The SMILES string of the molecule is CCCCC/C=C/C/C=C/C/C=C/C/C=C/C/C=C/CCC(=O)O[C@H](COC(=O)CCCCCCCCCCCCCCCCCCCCCC)COP(=O)(O)OCC[N+](C)(C)C. The van der Waals surface area contributed by atoms with Crippen molar-refractivity contribution in [1.29, 1.82) is 0 Å². The fourth-order valence-corrected chi connectivity index (χ4v) is 7.56. The Morgan fingerprint density at radius 3 is 1.33 bits per heavy atom. The van der Waals surface area contributed by atoms with Gasteiger partial charge in [0.05, 0.1) is 27.7 Å². The second-order valence-corrected chi connectivity index (χ2v) is 19.7. The minimum absolute atomic E-state index is 0.0174. The van der Waals surface area contributed by atoms with Gasteiger partial charge >= 0.3 is 19.8 Å². The molecule has 0 saturated carbocycles. The number of esters is 2. The molecule has 0 bridgehead atoms. The first-order valence-corrected chi connectivity index (χ1v) is 27.0. The molecule has 0 aliphatic heterocycles. The number of hydrogen-bond donors (Lipinski definition) is 1. The Labute approximate surface area is 387 Å². The number of nitrogens with zero attached hydrogens (tertiary/aromatic N) is 1. The van der Waals surface area contributed by atoms with E-state index in [2.05, 4.69) is 62.5 Å². The number of phosphoric acid groups is 1. The molecule has 0 fully saturated rings. The highest BCUT2D eigenvalue weighted by Gasteiger charge is 2.27. The first-order chi connectivity index (χ1) is 30.5. The van der Waals surface area contributed by atoms with Crippen LogP contribution in [0.4, 0.5) is 0 Å². The molecule has 366 valence electrons. The Morgan fingerprint density at radius 1 is 0.492 bits per heavy atom. The van der Waals surface area contributed by atoms with E-state index < -0.39 is 26.5 Å². The van der Waals surface area contributed by atoms with Crippen molar-refractivity contribution in [3.63, 3.8) is 0 Å². The van der Waals surface area contributed by atoms with Crippen LogP contribution in [0.25, 0.3) is 0 Å². The molecular formula is C53H97NO8P+. The molecule has 0 rings (SSSR count). The molecule has 0 radical (unpaired) electrons. The van der Waals surface area contributed by atoms with E-state index in [1.54, 1.807) is 0 Å². The Morgan fingerprint density at radius 2 is 0.889 bits per heavy atom. The van der Waals surface area contributed by atoms with E-state index in [1.807, 2.05) is 33.3 Å². The van der Waals surface area contributed by atoms with Gasteiger partial charge in [0.2, 0.25) is 0 Å². The van der Waals surface area contributed by atoms with Crippen LogP contribution in [0.5, 0.6) is 0 Å². The van der Waals surface area contributed by atoms with Crippen molar-refractivity contribution < 1.29 is 42.1 Å². The van der Waals surface area contributed by atoms with Crippen LogP contribution < -0.4 is 0 Å². The summed E-state index contributed by atoms with van der Waals surface area (Å²) in [5.74, 6) is -0.889. The van der Waals surface area contributed by atoms with Crippen molar-refractivity contribution >= 4 is 19.8 Å². The molecule has 1 N–H and O–H groups in total. The molecule has 0 amide bonds. The zero-order chi connectivity index (χ0) is 46.4. The van der Waals surface area contributed by atoms with Crippen LogP contribution in [0, 0.1) is 0 Å². The highest BCUT2D eigenvalue weighted by atomic mass is 31.2. The van der Waals surface area contributed by atoms with Crippen molar-refractivity contribution in [3.05, 3.63) is 60.8 Å². The summed E-state index contributed by atoms with van der Waals surface area (Å²) in [5.41, 5.74) is 0. The van der Waals surface area contributed by atoms with Gasteiger partial charge in [-0.05, 0) is 51.4 Å². The number of unbranched alkanes of at least 4 members (excludes halogenated alkanes) is 22. The predicted molar refractivity (Wildman–Crippen MR) is 266 cm³/mol. The summed E-state index contributed by atoms with van der Waals surface area (Å²) in [4.78, 5) is 35.5. The minimum atomic E-state index is -4.40. The van der Waals surface area contributed by atoms with Crippen molar-refractivity contribution in [3.8, 4) is 0 Å². The molecule has 9 nitrogen and oxygen atoms in total. The first-order valence-electron chi connectivity index (χ1n) is 25.5. The topological polar surface area (TPSA) is 108 Å². The van der Waals surface area contributed by atoms with Gasteiger partial charge in [-0.1, -0.05) is 209 Å². The molecule has 63 heavy (non-hydrogen) atoms. The molecule has 0 heterocycles. The van der Waals surface area contributed by atoms with Gasteiger partial charge < -0.3 is 18.9 Å². The van der Waals surface area contributed by atoms with Gasteiger partial charge in [0.15, 0.2) is 6.10 Å². The number of rotatable bonds is 46. The summed E-state index contributed by atoms with van der Waals surface area (Å²) in [6, 6.07) is 0. The highest BCUT2D eigenvalue weighted by Crippen LogP contribution is 2.43. The monoisotopic (exact) mass is 907 g/mol. The summed E-state index contributed by atoms with van der Waals surface area (Å²) >= 11 is 0. The van der Waals surface area contributed by atoms with E-state index in [4.69, 9.17) is 18.5 Å². The molecule has 10 heteroatoms. The third kappa shape index (κ3) is 49.0. The number of phosphoric ester groups is 1. The Balaban J connectivity index is 4.36. The average Bonchev–Trinajstić information content (AvgIpc) is 3.24. The van der Waals surface area contributed by atoms with Crippen LogP contribution in [-0.2, 0) is 32.7 Å².